The first-order valence-electron chi connectivity index (χ1n) is 14.1. The van der Waals surface area contributed by atoms with Crippen LogP contribution < -0.4 is 16.4 Å². The highest BCUT2D eigenvalue weighted by molar-refractivity contribution is 5.99. The predicted octanol–water partition coefficient (Wildman–Crippen LogP) is 4.92. The number of carbonyl (C=O) groups excluding carboxylic acids is 2. The molecule has 2 amide bonds. The minimum atomic E-state index is -0.513. The Morgan fingerprint density at radius 3 is 1.26 bits per heavy atom. The molecule has 2 atom stereocenters. The van der Waals surface area contributed by atoms with E-state index in [1.54, 1.807) is 36.4 Å². The molecule has 0 fully saturated rings. The molecule has 9 nitrogen and oxygen atoms in total. The third kappa shape index (κ3) is 5.34. The highest BCUT2D eigenvalue weighted by Gasteiger charge is 2.27. The van der Waals surface area contributed by atoms with Crippen LogP contribution in [0, 0.1) is 0 Å². The second-order valence-electron chi connectivity index (χ2n) is 10.4. The van der Waals surface area contributed by atoms with Gasteiger partial charge in [-0.1, -0.05) is 38.1 Å². The molecule has 0 saturated heterocycles. The monoisotopic (exact) mass is 557 g/mol. The first-order chi connectivity index (χ1) is 20.4. The highest BCUT2D eigenvalue weighted by atomic mass is 16.2. The summed E-state index contributed by atoms with van der Waals surface area (Å²) in [5.41, 5.74) is 13.5. The molecule has 6 rings (SSSR count). The summed E-state index contributed by atoms with van der Waals surface area (Å²) in [5, 5.41) is 6.14. The average Bonchev–Trinajstić information content (AvgIpc) is 3.02. The Labute approximate surface area is 242 Å². The summed E-state index contributed by atoms with van der Waals surface area (Å²) in [7, 11) is 0. The van der Waals surface area contributed by atoms with Crippen molar-refractivity contribution in [3.63, 3.8) is 0 Å². The number of nitrogens with two attached hydrogens (primary N) is 1. The van der Waals surface area contributed by atoms with Crippen molar-refractivity contribution in [2.45, 2.75) is 44.8 Å². The van der Waals surface area contributed by atoms with Gasteiger partial charge in [0.2, 0.25) is 0 Å². The molecule has 0 aliphatic carbocycles. The van der Waals surface area contributed by atoms with Crippen molar-refractivity contribution in [2.24, 2.45) is 5.73 Å². The van der Waals surface area contributed by atoms with Gasteiger partial charge in [0.05, 0.1) is 44.1 Å². The molecule has 2 heterocycles. The van der Waals surface area contributed by atoms with Crippen LogP contribution in [0.5, 0.6) is 0 Å². The van der Waals surface area contributed by atoms with E-state index in [9.17, 15) is 9.59 Å². The zero-order valence-corrected chi connectivity index (χ0v) is 23.4. The van der Waals surface area contributed by atoms with Crippen LogP contribution in [0.15, 0.2) is 84.9 Å². The Bertz CT molecular complexity index is 1820. The summed E-state index contributed by atoms with van der Waals surface area (Å²) in [6, 6.07) is 24.6. The maximum absolute atomic E-state index is 13.3. The largest absolute Gasteiger partial charge is 0.348 e. The highest BCUT2D eigenvalue weighted by Crippen LogP contribution is 2.19. The number of aromatic nitrogens is 4. The lowest BCUT2D eigenvalue weighted by molar-refractivity contribution is 0.0908. The summed E-state index contributed by atoms with van der Waals surface area (Å²) < 4.78 is 0. The molecule has 42 heavy (non-hydrogen) atoms. The predicted molar refractivity (Wildman–Crippen MR) is 165 cm³/mol. The summed E-state index contributed by atoms with van der Waals surface area (Å²) in [4.78, 5) is 45.2. The van der Waals surface area contributed by atoms with Gasteiger partial charge in [0.25, 0.3) is 11.8 Å². The van der Waals surface area contributed by atoms with Gasteiger partial charge in [-0.15, -0.1) is 0 Å². The topological polar surface area (TPSA) is 136 Å². The van der Waals surface area contributed by atoms with E-state index in [0.29, 0.717) is 35.0 Å². The molecule has 210 valence electrons. The van der Waals surface area contributed by atoms with Gasteiger partial charge in [-0.05, 0) is 73.5 Å². The zero-order valence-electron chi connectivity index (χ0n) is 23.4. The molecular weight excluding hydrogens is 526 g/mol. The fourth-order valence-electron chi connectivity index (χ4n) is 5.25. The average molecular weight is 558 g/mol. The van der Waals surface area contributed by atoms with Gasteiger partial charge in [-0.2, -0.15) is 0 Å². The Kier molecular flexibility index (Phi) is 7.41. The number of fused-ring (bicyclic) bond motifs is 4. The Morgan fingerprint density at radius 2 is 0.905 bits per heavy atom. The fourth-order valence-corrected chi connectivity index (χ4v) is 5.25. The number of para-hydroxylation sites is 4. The second kappa shape index (κ2) is 11.5. The van der Waals surface area contributed by atoms with Crippen molar-refractivity contribution in [2.75, 3.05) is 0 Å². The van der Waals surface area contributed by atoms with Crippen molar-refractivity contribution < 1.29 is 9.59 Å². The minimum absolute atomic E-state index is 0.254. The molecule has 2 unspecified atom stereocenters. The molecule has 9 heteroatoms. The van der Waals surface area contributed by atoms with Gasteiger partial charge in [-0.3, -0.25) is 9.59 Å². The molecule has 0 spiro atoms. The lowest BCUT2D eigenvalue weighted by atomic mass is 9.95. The Hall–Kier alpha value is -5.02. The number of hydrogen-bond acceptors (Lipinski definition) is 7. The summed E-state index contributed by atoms with van der Waals surface area (Å²) in [5.74, 6) is -0.508. The van der Waals surface area contributed by atoms with E-state index in [4.69, 9.17) is 5.73 Å². The van der Waals surface area contributed by atoms with Gasteiger partial charge in [0.1, 0.15) is 0 Å². The Balaban J connectivity index is 1.17. The molecule has 0 radical (unpaired) electrons. The smallest absolute Gasteiger partial charge is 0.251 e. The molecule has 4 aromatic carbocycles. The molecule has 0 bridgehead atoms. The van der Waals surface area contributed by atoms with Gasteiger partial charge in [-0.25, -0.2) is 19.9 Å². The van der Waals surface area contributed by atoms with Crippen LogP contribution in [0.4, 0.5) is 0 Å². The van der Waals surface area contributed by atoms with Crippen molar-refractivity contribution in [3.05, 3.63) is 96.1 Å². The molecule has 6 aromatic rings. The maximum Gasteiger partial charge on any atom is 0.251 e. The molecular formula is C33H31N7O2. The number of nitrogens with zero attached hydrogens (tertiary/aromatic N) is 4. The van der Waals surface area contributed by atoms with E-state index in [2.05, 4.69) is 30.6 Å². The first-order valence-corrected chi connectivity index (χ1v) is 14.1. The lowest BCUT2D eigenvalue weighted by Gasteiger charge is -2.31. The first kappa shape index (κ1) is 27.2. The molecule has 0 aliphatic heterocycles. The maximum atomic E-state index is 13.3. The van der Waals surface area contributed by atoms with Crippen LogP contribution >= 0.6 is 0 Å². The standard InChI is InChI=1S/C33H31N7O2/c1-3-21(39-32(41)19-13-15-27-29(17-19)37-25-11-7-5-9-23(25)35-27)31(34)22(4-2)40-33(42)20-14-16-28-30(18-20)38-26-12-8-6-10-24(26)36-28/h5-18,21-22,31H,3-4,34H2,1-2H3,(H,39,41)(H,40,42). The van der Waals surface area contributed by atoms with E-state index < -0.39 is 6.04 Å². The zero-order chi connectivity index (χ0) is 29.2. The number of carbonyl (C=O) groups is 2. The summed E-state index contributed by atoms with van der Waals surface area (Å²) in [6.45, 7) is 3.92. The van der Waals surface area contributed by atoms with Crippen molar-refractivity contribution in [1.82, 2.24) is 30.6 Å². The minimum Gasteiger partial charge on any atom is -0.348 e. The molecule has 2 aromatic heterocycles. The van der Waals surface area contributed by atoms with Crippen molar-refractivity contribution in [3.8, 4) is 0 Å². The van der Waals surface area contributed by atoms with E-state index in [1.165, 1.54) is 0 Å². The summed E-state index contributed by atoms with van der Waals surface area (Å²) in [6.07, 6.45) is 1.19. The van der Waals surface area contributed by atoms with Crippen molar-refractivity contribution in [1.29, 1.82) is 0 Å². The van der Waals surface area contributed by atoms with E-state index in [-0.39, 0.29) is 23.9 Å². The molecule has 4 N–H and O–H groups in total. The third-order valence-corrected chi connectivity index (χ3v) is 7.64. The fraction of sp³-hybridized carbons (Fsp3) is 0.212. The molecule has 0 saturated carbocycles. The number of nitrogens with one attached hydrogen (secondary N) is 2. The van der Waals surface area contributed by atoms with Gasteiger partial charge in [0, 0.05) is 29.3 Å². The molecule has 0 aliphatic rings. The van der Waals surface area contributed by atoms with Crippen LogP contribution in [-0.2, 0) is 0 Å². The normalized spacial score (nSPS) is 13.7. The third-order valence-electron chi connectivity index (χ3n) is 7.64. The number of benzene rings is 4. The van der Waals surface area contributed by atoms with Crippen molar-refractivity contribution >= 4 is 55.9 Å². The van der Waals surface area contributed by atoms with Crippen LogP contribution in [0.3, 0.4) is 0 Å². The van der Waals surface area contributed by atoms with Crippen LogP contribution in [0.1, 0.15) is 47.4 Å². The SMILES string of the molecule is CCC(NC(=O)c1ccc2nc3ccccc3nc2c1)C(N)C(CC)NC(=O)c1ccc2nc3ccccc3nc2c1. The van der Waals surface area contributed by atoms with E-state index >= 15 is 0 Å². The number of rotatable bonds is 8. The number of hydrogen-bond donors (Lipinski definition) is 3. The van der Waals surface area contributed by atoms with Crippen LogP contribution in [0.25, 0.3) is 44.1 Å². The Morgan fingerprint density at radius 1 is 0.571 bits per heavy atom. The second-order valence-corrected chi connectivity index (χ2v) is 10.4. The van der Waals surface area contributed by atoms with E-state index in [0.717, 1.165) is 33.1 Å². The van der Waals surface area contributed by atoms with Crippen LogP contribution in [0.2, 0.25) is 0 Å². The van der Waals surface area contributed by atoms with Gasteiger partial charge >= 0.3 is 0 Å². The van der Waals surface area contributed by atoms with Gasteiger partial charge in [0.15, 0.2) is 0 Å². The summed E-state index contributed by atoms with van der Waals surface area (Å²) >= 11 is 0. The van der Waals surface area contributed by atoms with E-state index in [1.807, 2.05) is 62.4 Å². The van der Waals surface area contributed by atoms with Crippen LogP contribution in [-0.4, -0.2) is 49.9 Å². The lowest BCUT2D eigenvalue weighted by Crippen LogP contribution is -2.58. The number of amides is 2. The van der Waals surface area contributed by atoms with Gasteiger partial charge < -0.3 is 16.4 Å². The quantitative estimate of drug-likeness (QED) is 0.226.